The van der Waals surface area contributed by atoms with Gasteiger partial charge in [0.05, 0.1) is 16.8 Å². The van der Waals surface area contributed by atoms with Gasteiger partial charge in [0, 0.05) is 6.61 Å². The molecule has 1 aromatic heterocycles. The molecule has 0 aliphatic rings. The second-order valence-electron chi connectivity index (χ2n) is 2.74. The van der Waals surface area contributed by atoms with E-state index in [1.807, 2.05) is 13.8 Å². The van der Waals surface area contributed by atoms with Crippen molar-refractivity contribution in [2.75, 3.05) is 6.61 Å². The Morgan fingerprint density at radius 1 is 1.69 bits per heavy atom. The van der Waals surface area contributed by atoms with Crippen LogP contribution in [-0.2, 0) is 4.74 Å². The number of furan rings is 1. The number of aliphatic hydroxyl groups excluding tert-OH is 1. The number of hydrogen-bond acceptors (Lipinski definition) is 3. The average molecular weight is 249 g/mol. The average Bonchev–Trinajstić information content (AvgIpc) is 2.50. The first-order valence-corrected chi connectivity index (χ1v) is 4.98. The second-order valence-corrected chi connectivity index (χ2v) is 3.59. The van der Waals surface area contributed by atoms with E-state index in [4.69, 9.17) is 9.15 Å². The molecule has 0 spiro atoms. The molecule has 1 rings (SSSR count). The van der Waals surface area contributed by atoms with Crippen LogP contribution in [0.4, 0.5) is 0 Å². The lowest BCUT2D eigenvalue weighted by Gasteiger charge is -2.16. The summed E-state index contributed by atoms with van der Waals surface area (Å²) in [5.41, 5.74) is 0. The number of ether oxygens (including phenoxy) is 1. The molecule has 1 N–H and O–H groups in total. The molecule has 0 saturated heterocycles. The number of aliphatic hydroxyl groups is 1. The van der Waals surface area contributed by atoms with Crippen LogP contribution in [0.1, 0.15) is 25.7 Å². The molecule has 0 bridgehead atoms. The molecule has 0 radical (unpaired) electrons. The minimum Gasteiger partial charge on any atom is -0.465 e. The van der Waals surface area contributed by atoms with Crippen molar-refractivity contribution in [3.05, 3.63) is 22.6 Å². The zero-order chi connectivity index (χ0) is 9.84. The molecule has 0 aliphatic heterocycles. The third-order valence-corrected chi connectivity index (χ3v) is 2.44. The minimum absolute atomic E-state index is 0.257. The Hall–Kier alpha value is -0.320. The zero-order valence-corrected chi connectivity index (χ0v) is 9.24. The highest BCUT2D eigenvalue weighted by Gasteiger charge is 2.21. The van der Waals surface area contributed by atoms with Crippen LogP contribution in [0.3, 0.4) is 0 Å². The Morgan fingerprint density at radius 3 is 2.85 bits per heavy atom. The monoisotopic (exact) mass is 248 g/mol. The zero-order valence-electron chi connectivity index (χ0n) is 7.66. The third-order valence-electron chi connectivity index (χ3n) is 1.79. The standard InChI is InChI=1S/C9H13BrO3/c1-3-12-6(2)8(11)9-7(10)4-5-13-9/h4-6,8,11H,3H2,1-2H3. The van der Waals surface area contributed by atoms with E-state index in [1.54, 1.807) is 6.07 Å². The first-order chi connectivity index (χ1) is 6.16. The summed E-state index contributed by atoms with van der Waals surface area (Å²) in [6.45, 7) is 4.28. The van der Waals surface area contributed by atoms with Crippen molar-refractivity contribution in [2.45, 2.75) is 26.1 Å². The highest BCUT2D eigenvalue weighted by molar-refractivity contribution is 9.10. The van der Waals surface area contributed by atoms with Gasteiger partial charge < -0.3 is 14.3 Å². The first kappa shape index (κ1) is 10.8. The van der Waals surface area contributed by atoms with Crippen molar-refractivity contribution in [2.24, 2.45) is 0 Å². The van der Waals surface area contributed by atoms with Crippen molar-refractivity contribution in [3.63, 3.8) is 0 Å². The first-order valence-electron chi connectivity index (χ1n) is 4.19. The normalized spacial score (nSPS) is 15.7. The summed E-state index contributed by atoms with van der Waals surface area (Å²) in [5.74, 6) is 0.515. The Morgan fingerprint density at radius 2 is 2.38 bits per heavy atom. The molecule has 1 aromatic rings. The van der Waals surface area contributed by atoms with Crippen LogP contribution in [0.15, 0.2) is 21.2 Å². The molecule has 0 fully saturated rings. The van der Waals surface area contributed by atoms with Crippen molar-refractivity contribution in [1.82, 2.24) is 0 Å². The molecule has 0 amide bonds. The highest BCUT2D eigenvalue weighted by atomic mass is 79.9. The molecule has 0 aliphatic carbocycles. The highest BCUT2D eigenvalue weighted by Crippen LogP contribution is 2.27. The van der Waals surface area contributed by atoms with Gasteiger partial charge in [-0.2, -0.15) is 0 Å². The van der Waals surface area contributed by atoms with E-state index in [1.165, 1.54) is 6.26 Å². The van der Waals surface area contributed by atoms with E-state index in [-0.39, 0.29) is 6.10 Å². The van der Waals surface area contributed by atoms with Crippen LogP contribution < -0.4 is 0 Å². The fraction of sp³-hybridized carbons (Fsp3) is 0.556. The molecule has 74 valence electrons. The SMILES string of the molecule is CCOC(C)C(O)c1occc1Br. The minimum atomic E-state index is -0.718. The van der Waals surface area contributed by atoms with E-state index < -0.39 is 6.10 Å². The van der Waals surface area contributed by atoms with Gasteiger partial charge in [-0.15, -0.1) is 0 Å². The second kappa shape index (κ2) is 4.79. The molecule has 2 unspecified atom stereocenters. The van der Waals surface area contributed by atoms with Gasteiger partial charge in [0.15, 0.2) is 0 Å². The van der Waals surface area contributed by atoms with Gasteiger partial charge in [-0.1, -0.05) is 0 Å². The lowest BCUT2D eigenvalue weighted by molar-refractivity contribution is -0.0322. The van der Waals surface area contributed by atoms with Crippen molar-refractivity contribution in [1.29, 1.82) is 0 Å². The van der Waals surface area contributed by atoms with E-state index in [2.05, 4.69) is 15.9 Å². The summed E-state index contributed by atoms with van der Waals surface area (Å²) in [4.78, 5) is 0. The lowest BCUT2D eigenvalue weighted by atomic mass is 10.2. The Balaban J connectivity index is 2.67. The van der Waals surface area contributed by atoms with Crippen LogP contribution in [0.25, 0.3) is 0 Å². The van der Waals surface area contributed by atoms with Crippen molar-refractivity contribution < 1.29 is 14.3 Å². The van der Waals surface area contributed by atoms with Gasteiger partial charge in [0.25, 0.3) is 0 Å². The van der Waals surface area contributed by atoms with Gasteiger partial charge in [-0.3, -0.25) is 0 Å². The summed E-state index contributed by atoms with van der Waals surface area (Å²) in [6.07, 6.45) is 0.554. The fourth-order valence-electron chi connectivity index (χ4n) is 1.08. The molecule has 13 heavy (non-hydrogen) atoms. The van der Waals surface area contributed by atoms with Crippen LogP contribution >= 0.6 is 15.9 Å². The fourth-order valence-corrected chi connectivity index (χ4v) is 1.52. The molecular weight excluding hydrogens is 236 g/mol. The van der Waals surface area contributed by atoms with Gasteiger partial charge in [0.1, 0.15) is 11.9 Å². The summed E-state index contributed by atoms with van der Waals surface area (Å²) < 4.78 is 11.1. The third kappa shape index (κ3) is 2.56. The maximum absolute atomic E-state index is 9.74. The smallest absolute Gasteiger partial charge is 0.149 e. The topological polar surface area (TPSA) is 42.6 Å². The largest absolute Gasteiger partial charge is 0.465 e. The Bertz CT molecular complexity index is 259. The number of hydrogen-bond donors (Lipinski definition) is 1. The number of rotatable bonds is 4. The quantitative estimate of drug-likeness (QED) is 0.891. The predicted octanol–water partition coefficient (Wildman–Crippen LogP) is 2.50. The molecule has 0 aromatic carbocycles. The molecule has 3 nitrogen and oxygen atoms in total. The summed E-state index contributed by atoms with van der Waals surface area (Å²) in [6, 6.07) is 1.75. The predicted molar refractivity (Wildman–Crippen MR) is 52.5 cm³/mol. The lowest BCUT2D eigenvalue weighted by Crippen LogP contribution is -2.18. The molecular formula is C9H13BrO3. The van der Waals surface area contributed by atoms with Crippen LogP contribution in [-0.4, -0.2) is 17.8 Å². The number of halogens is 1. The van der Waals surface area contributed by atoms with Gasteiger partial charge in [-0.25, -0.2) is 0 Å². The summed E-state index contributed by atoms with van der Waals surface area (Å²) >= 11 is 3.28. The van der Waals surface area contributed by atoms with Crippen LogP contribution in [0, 0.1) is 0 Å². The molecule has 2 atom stereocenters. The maximum Gasteiger partial charge on any atom is 0.149 e. The van der Waals surface area contributed by atoms with Gasteiger partial charge in [-0.05, 0) is 35.8 Å². The molecule has 4 heteroatoms. The Kier molecular flexibility index (Phi) is 3.96. The van der Waals surface area contributed by atoms with E-state index >= 15 is 0 Å². The van der Waals surface area contributed by atoms with Gasteiger partial charge in [0.2, 0.25) is 0 Å². The van der Waals surface area contributed by atoms with Crippen LogP contribution in [0.5, 0.6) is 0 Å². The molecule has 0 saturated carbocycles. The van der Waals surface area contributed by atoms with E-state index in [0.717, 1.165) is 4.47 Å². The summed E-state index contributed by atoms with van der Waals surface area (Å²) in [7, 11) is 0. The molecule has 1 heterocycles. The van der Waals surface area contributed by atoms with Crippen molar-refractivity contribution in [3.8, 4) is 0 Å². The van der Waals surface area contributed by atoms with Gasteiger partial charge >= 0.3 is 0 Å². The maximum atomic E-state index is 9.74. The van der Waals surface area contributed by atoms with E-state index in [9.17, 15) is 5.11 Å². The summed E-state index contributed by atoms with van der Waals surface area (Å²) in [5, 5.41) is 9.74. The van der Waals surface area contributed by atoms with E-state index in [0.29, 0.717) is 12.4 Å². The Labute approximate surface area is 85.8 Å². The van der Waals surface area contributed by atoms with Crippen LogP contribution in [0.2, 0.25) is 0 Å². The van der Waals surface area contributed by atoms with Crippen molar-refractivity contribution >= 4 is 15.9 Å².